The molecule has 0 heterocycles. The number of amides is 1. The molecule has 0 aliphatic rings. The Labute approximate surface area is 142 Å². The first-order valence-electron chi connectivity index (χ1n) is 7.77. The molecule has 0 unspecified atom stereocenters. The molecule has 0 radical (unpaired) electrons. The van der Waals surface area contributed by atoms with Crippen molar-refractivity contribution in [2.45, 2.75) is 13.5 Å². The van der Waals surface area contributed by atoms with E-state index in [0.29, 0.717) is 30.2 Å². The van der Waals surface area contributed by atoms with E-state index in [0.717, 1.165) is 11.3 Å². The van der Waals surface area contributed by atoms with Crippen LogP contribution < -0.4 is 14.2 Å². The smallest absolute Gasteiger partial charge is 0.254 e. The Bertz CT molecular complexity index is 682. The highest BCUT2D eigenvalue weighted by Gasteiger charge is 2.17. The molecular weight excluding hydrogens is 306 g/mol. The third-order valence-electron chi connectivity index (χ3n) is 3.83. The van der Waals surface area contributed by atoms with Crippen molar-refractivity contribution in [1.82, 2.24) is 4.90 Å². The number of rotatable bonds is 7. The lowest BCUT2D eigenvalue weighted by Crippen LogP contribution is -2.30. The van der Waals surface area contributed by atoms with E-state index in [1.54, 1.807) is 44.4 Å². The van der Waals surface area contributed by atoms with Gasteiger partial charge in [-0.3, -0.25) is 4.79 Å². The molecule has 1 amide bonds. The molecule has 128 valence electrons. The molecule has 2 rings (SSSR count). The molecule has 5 heteroatoms. The third-order valence-corrected chi connectivity index (χ3v) is 3.83. The SMILES string of the molecule is CCN(Cc1ccc(OC)cc1)C(=O)c1ccc(OC)c(OC)c1. The van der Waals surface area contributed by atoms with E-state index >= 15 is 0 Å². The van der Waals surface area contributed by atoms with Crippen LogP contribution in [0.15, 0.2) is 42.5 Å². The van der Waals surface area contributed by atoms with Crippen LogP contribution in [0.3, 0.4) is 0 Å². The molecule has 0 saturated carbocycles. The van der Waals surface area contributed by atoms with Gasteiger partial charge < -0.3 is 19.1 Å². The Kier molecular flexibility index (Phi) is 6.07. The fraction of sp³-hybridized carbons (Fsp3) is 0.316. The average molecular weight is 329 g/mol. The molecule has 0 atom stereocenters. The molecule has 0 bridgehead atoms. The Hall–Kier alpha value is -2.69. The Morgan fingerprint density at radius 3 is 2.12 bits per heavy atom. The number of carbonyl (C=O) groups excluding carboxylic acids is 1. The maximum Gasteiger partial charge on any atom is 0.254 e. The van der Waals surface area contributed by atoms with Crippen LogP contribution in [0.4, 0.5) is 0 Å². The number of hydrogen-bond acceptors (Lipinski definition) is 4. The quantitative estimate of drug-likeness (QED) is 0.781. The topological polar surface area (TPSA) is 48.0 Å². The highest BCUT2D eigenvalue weighted by Crippen LogP contribution is 2.28. The number of methoxy groups -OCH3 is 3. The van der Waals surface area contributed by atoms with Gasteiger partial charge in [0.05, 0.1) is 21.3 Å². The first kappa shape index (κ1) is 17.7. The summed E-state index contributed by atoms with van der Waals surface area (Å²) >= 11 is 0. The normalized spacial score (nSPS) is 10.2. The first-order chi connectivity index (χ1) is 11.6. The monoisotopic (exact) mass is 329 g/mol. The van der Waals surface area contributed by atoms with Gasteiger partial charge in [0.2, 0.25) is 0 Å². The molecule has 0 N–H and O–H groups in total. The van der Waals surface area contributed by atoms with E-state index in [1.165, 1.54) is 0 Å². The molecule has 0 fully saturated rings. The summed E-state index contributed by atoms with van der Waals surface area (Å²) in [5.74, 6) is 1.90. The second kappa shape index (κ2) is 8.24. The van der Waals surface area contributed by atoms with Gasteiger partial charge in [-0.1, -0.05) is 12.1 Å². The number of ether oxygens (including phenoxy) is 3. The van der Waals surface area contributed by atoms with Crippen LogP contribution in [0.1, 0.15) is 22.8 Å². The molecule has 2 aromatic carbocycles. The molecule has 0 aromatic heterocycles. The van der Waals surface area contributed by atoms with E-state index in [-0.39, 0.29) is 5.91 Å². The van der Waals surface area contributed by atoms with Gasteiger partial charge in [0, 0.05) is 18.7 Å². The molecule has 0 spiro atoms. The molecule has 5 nitrogen and oxygen atoms in total. The third kappa shape index (κ3) is 3.98. The molecule has 24 heavy (non-hydrogen) atoms. The summed E-state index contributed by atoms with van der Waals surface area (Å²) in [7, 11) is 4.76. The number of nitrogens with zero attached hydrogens (tertiary/aromatic N) is 1. The standard InChI is InChI=1S/C19H23NO4/c1-5-20(13-14-6-9-16(22-2)10-7-14)19(21)15-8-11-17(23-3)18(12-15)24-4/h6-12H,5,13H2,1-4H3. The minimum Gasteiger partial charge on any atom is -0.497 e. The summed E-state index contributed by atoms with van der Waals surface area (Å²) in [5.41, 5.74) is 1.62. The fourth-order valence-electron chi connectivity index (χ4n) is 2.43. The molecular formula is C19H23NO4. The molecule has 2 aromatic rings. The molecule has 0 aliphatic heterocycles. The summed E-state index contributed by atoms with van der Waals surface area (Å²) in [6.07, 6.45) is 0. The minimum absolute atomic E-state index is 0.0470. The van der Waals surface area contributed by atoms with Gasteiger partial charge in [-0.15, -0.1) is 0 Å². The predicted octanol–water partition coefficient (Wildman–Crippen LogP) is 3.37. The van der Waals surface area contributed by atoms with Crippen molar-refractivity contribution in [1.29, 1.82) is 0 Å². The van der Waals surface area contributed by atoms with Gasteiger partial charge >= 0.3 is 0 Å². The lowest BCUT2D eigenvalue weighted by atomic mass is 10.1. The van der Waals surface area contributed by atoms with Crippen molar-refractivity contribution in [2.24, 2.45) is 0 Å². The summed E-state index contributed by atoms with van der Waals surface area (Å²) in [5, 5.41) is 0. The number of hydrogen-bond donors (Lipinski definition) is 0. The first-order valence-corrected chi connectivity index (χ1v) is 7.77. The molecule has 0 aliphatic carbocycles. The zero-order valence-electron chi connectivity index (χ0n) is 14.5. The van der Waals surface area contributed by atoms with Gasteiger partial charge in [-0.2, -0.15) is 0 Å². The van der Waals surface area contributed by atoms with E-state index < -0.39 is 0 Å². The summed E-state index contributed by atoms with van der Waals surface area (Å²) in [4.78, 5) is 14.6. The second-order valence-corrected chi connectivity index (χ2v) is 5.24. The van der Waals surface area contributed by atoms with Crippen LogP contribution in [0, 0.1) is 0 Å². The zero-order valence-corrected chi connectivity index (χ0v) is 14.5. The summed E-state index contributed by atoms with van der Waals surface area (Å²) in [6, 6.07) is 12.9. The number of carbonyl (C=O) groups is 1. The summed E-state index contributed by atoms with van der Waals surface area (Å²) in [6.45, 7) is 3.11. The predicted molar refractivity (Wildman–Crippen MR) is 93.0 cm³/mol. The van der Waals surface area contributed by atoms with Crippen molar-refractivity contribution in [3.8, 4) is 17.2 Å². The Morgan fingerprint density at radius 1 is 0.917 bits per heavy atom. The van der Waals surface area contributed by atoms with Gasteiger partial charge in [-0.25, -0.2) is 0 Å². The van der Waals surface area contributed by atoms with E-state index in [9.17, 15) is 4.79 Å². The number of benzene rings is 2. The van der Waals surface area contributed by atoms with Crippen LogP contribution in [0.25, 0.3) is 0 Å². The Morgan fingerprint density at radius 2 is 1.58 bits per heavy atom. The van der Waals surface area contributed by atoms with Crippen molar-refractivity contribution in [3.63, 3.8) is 0 Å². The van der Waals surface area contributed by atoms with Crippen LogP contribution in [-0.2, 0) is 6.54 Å². The van der Waals surface area contributed by atoms with Crippen LogP contribution >= 0.6 is 0 Å². The highest BCUT2D eigenvalue weighted by atomic mass is 16.5. The van der Waals surface area contributed by atoms with E-state index in [1.807, 2.05) is 31.2 Å². The Balaban J connectivity index is 2.18. The van der Waals surface area contributed by atoms with Crippen molar-refractivity contribution in [2.75, 3.05) is 27.9 Å². The maximum absolute atomic E-state index is 12.8. The zero-order chi connectivity index (χ0) is 17.5. The van der Waals surface area contributed by atoms with Gasteiger partial charge in [0.1, 0.15) is 5.75 Å². The summed E-state index contributed by atoms with van der Waals surface area (Å²) < 4.78 is 15.6. The molecule has 0 saturated heterocycles. The second-order valence-electron chi connectivity index (χ2n) is 5.24. The maximum atomic E-state index is 12.8. The fourth-order valence-corrected chi connectivity index (χ4v) is 2.43. The minimum atomic E-state index is -0.0470. The van der Waals surface area contributed by atoms with E-state index in [2.05, 4.69) is 0 Å². The van der Waals surface area contributed by atoms with Crippen LogP contribution in [-0.4, -0.2) is 38.7 Å². The largest absolute Gasteiger partial charge is 0.497 e. The van der Waals surface area contributed by atoms with Crippen molar-refractivity contribution >= 4 is 5.91 Å². The lowest BCUT2D eigenvalue weighted by Gasteiger charge is -2.22. The van der Waals surface area contributed by atoms with Crippen molar-refractivity contribution in [3.05, 3.63) is 53.6 Å². The van der Waals surface area contributed by atoms with Gasteiger partial charge in [0.25, 0.3) is 5.91 Å². The van der Waals surface area contributed by atoms with E-state index in [4.69, 9.17) is 14.2 Å². The highest BCUT2D eigenvalue weighted by molar-refractivity contribution is 5.94. The van der Waals surface area contributed by atoms with Crippen molar-refractivity contribution < 1.29 is 19.0 Å². The van der Waals surface area contributed by atoms with Gasteiger partial charge in [-0.05, 0) is 42.8 Å². The van der Waals surface area contributed by atoms with Gasteiger partial charge in [0.15, 0.2) is 11.5 Å². The lowest BCUT2D eigenvalue weighted by molar-refractivity contribution is 0.0752. The van der Waals surface area contributed by atoms with Crippen LogP contribution in [0.2, 0.25) is 0 Å². The van der Waals surface area contributed by atoms with Crippen LogP contribution in [0.5, 0.6) is 17.2 Å². The average Bonchev–Trinajstić information content (AvgIpc) is 2.65.